The van der Waals surface area contributed by atoms with Crippen LogP contribution in [0, 0.1) is 18.7 Å². The SMILES string of the molecule is Cc1cc(N2CCC(C(N)=O)C2)c(C(C)O)cc1F. The largest absolute Gasteiger partial charge is 0.389 e. The lowest BCUT2D eigenvalue weighted by molar-refractivity contribution is -0.121. The van der Waals surface area contributed by atoms with E-state index in [1.54, 1.807) is 19.9 Å². The van der Waals surface area contributed by atoms with Crippen molar-refractivity contribution in [1.29, 1.82) is 0 Å². The number of anilines is 1. The third-order valence-electron chi connectivity index (χ3n) is 3.69. The van der Waals surface area contributed by atoms with Crippen LogP contribution in [-0.4, -0.2) is 24.1 Å². The number of halogens is 1. The van der Waals surface area contributed by atoms with E-state index in [1.807, 2.05) is 4.90 Å². The van der Waals surface area contributed by atoms with Crippen molar-refractivity contribution in [2.24, 2.45) is 11.7 Å². The molecule has 0 radical (unpaired) electrons. The highest BCUT2D eigenvalue weighted by Crippen LogP contribution is 2.32. The van der Waals surface area contributed by atoms with Crippen LogP contribution >= 0.6 is 0 Å². The summed E-state index contributed by atoms with van der Waals surface area (Å²) < 4.78 is 13.6. The fourth-order valence-electron chi connectivity index (χ4n) is 2.50. The Labute approximate surface area is 112 Å². The van der Waals surface area contributed by atoms with E-state index in [2.05, 4.69) is 0 Å². The Balaban J connectivity index is 2.34. The third kappa shape index (κ3) is 2.71. The van der Waals surface area contributed by atoms with E-state index in [-0.39, 0.29) is 17.6 Å². The quantitative estimate of drug-likeness (QED) is 0.871. The Morgan fingerprint density at radius 1 is 1.58 bits per heavy atom. The molecule has 3 N–H and O–H groups in total. The van der Waals surface area contributed by atoms with Crippen molar-refractivity contribution in [3.05, 3.63) is 29.1 Å². The van der Waals surface area contributed by atoms with Gasteiger partial charge in [-0.3, -0.25) is 4.79 Å². The number of hydrogen-bond acceptors (Lipinski definition) is 3. The highest BCUT2D eigenvalue weighted by atomic mass is 19.1. The first kappa shape index (κ1) is 13.8. The van der Waals surface area contributed by atoms with Gasteiger partial charge in [-0.25, -0.2) is 4.39 Å². The molecule has 2 atom stereocenters. The number of rotatable bonds is 3. The van der Waals surface area contributed by atoms with Crippen LogP contribution in [0.2, 0.25) is 0 Å². The summed E-state index contributed by atoms with van der Waals surface area (Å²) in [5.41, 5.74) is 7.18. The van der Waals surface area contributed by atoms with E-state index in [9.17, 15) is 14.3 Å². The van der Waals surface area contributed by atoms with Gasteiger partial charge in [0.1, 0.15) is 5.82 Å². The molecule has 1 aromatic rings. The van der Waals surface area contributed by atoms with Crippen molar-refractivity contribution < 1.29 is 14.3 Å². The molecular formula is C14H19FN2O2. The van der Waals surface area contributed by atoms with Gasteiger partial charge in [0.2, 0.25) is 5.91 Å². The molecule has 2 unspecified atom stereocenters. The van der Waals surface area contributed by atoms with Crippen molar-refractivity contribution in [3.63, 3.8) is 0 Å². The molecule has 2 rings (SSSR count). The van der Waals surface area contributed by atoms with Crippen LogP contribution in [0.3, 0.4) is 0 Å². The number of nitrogens with zero attached hydrogens (tertiary/aromatic N) is 1. The summed E-state index contributed by atoms with van der Waals surface area (Å²) in [7, 11) is 0. The maximum absolute atomic E-state index is 13.6. The molecule has 1 aliphatic rings. The van der Waals surface area contributed by atoms with Gasteiger partial charge in [0.25, 0.3) is 0 Å². The van der Waals surface area contributed by atoms with Crippen molar-refractivity contribution >= 4 is 11.6 Å². The number of hydrogen-bond donors (Lipinski definition) is 2. The Morgan fingerprint density at radius 2 is 2.26 bits per heavy atom. The highest BCUT2D eigenvalue weighted by Gasteiger charge is 2.28. The average molecular weight is 266 g/mol. The molecule has 0 bridgehead atoms. The third-order valence-corrected chi connectivity index (χ3v) is 3.69. The summed E-state index contributed by atoms with van der Waals surface area (Å²) in [5, 5.41) is 9.77. The van der Waals surface area contributed by atoms with Crippen molar-refractivity contribution in [2.45, 2.75) is 26.4 Å². The number of aryl methyl sites for hydroxylation is 1. The van der Waals surface area contributed by atoms with Crippen LogP contribution in [-0.2, 0) is 4.79 Å². The van der Waals surface area contributed by atoms with Gasteiger partial charge in [0.15, 0.2) is 0 Å². The molecule has 0 aromatic heterocycles. The molecule has 1 heterocycles. The van der Waals surface area contributed by atoms with E-state index >= 15 is 0 Å². The highest BCUT2D eigenvalue weighted by molar-refractivity contribution is 5.78. The van der Waals surface area contributed by atoms with Crippen LogP contribution in [0.1, 0.15) is 30.6 Å². The minimum atomic E-state index is -0.752. The maximum atomic E-state index is 13.6. The molecule has 19 heavy (non-hydrogen) atoms. The Bertz CT molecular complexity index is 502. The molecule has 1 amide bonds. The van der Waals surface area contributed by atoms with E-state index in [1.165, 1.54) is 6.07 Å². The maximum Gasteiger partial charge on any atom is 0.222 e. The van der Waals surface area contributed by atoms with E-state index < -0.39 is 6.10 Å². The molecular weight excluding hydrogens is 247 g/mol. The molecule has 5 heteroatoms. The summed E-state index contributed by atoms with van der Waals surface area (Å²) in [6, 6.07) is 3.09. The normalized spacial score (nSPS) is 20.6. The van der Waals surface area contributed by atoms with Crippen molar-refractivity contribution in [1.82, 2.24) is 0 Å². The second-order valence-corrected chi connectivity index (χ2v) is 5.17. The number of amides is 1. The standard InChI is InChI=1S/C14H19FN2O2/c1-8-5-13(11(9(2)18)6-12(8)15)17-4-3-10(7-17)14(16)19/h5-6,9-10,18H,3-4,7H2,1-2H3,(H2,16,19). The van der Waals surface area contributed by atoms with Gasteiger partial charge in [-0.2, -0.15) is 0 Å². The van der Waals surface area contributed by atoms with Gasteiger partial charge >= 0.3 is 0 Å². The Kier molecular flexibility index (Phi) is 3.75. The fraction of sp³-hybridized carbons (Fsp3) is 0.500. The molecule has 1 fully saturated rings. The molecule has 104 valence electrons. The van der Waals surface area contributed by atoms with Crippen LogP contribution in [0.25, 0.3) is 0 Å². The molecule has 0 saturated carbocycles. The van der Waals surface area contributed by atoms with Crippen LogP contribution in [0.4, 0.5) is 10.1 Å². The zero-order chi connectivity index (χ0) is 14.2. The first-order valence-corrected chi connectivity index (χ1v) is 6.42. The predicted molar refractivity (Wildman–Crippen MR) is 71.3 cm³/mol. The fourth-order valence-corrected chi connectivity index (χ4v) is 2.50. The zero-order valence-electron chi connectivity index (χ0n) is 11.2. The molecule has 4 nitrogen and oxygen atoms in total. The summed E-state index contributed by atoms with van der Waals surface area (Å²) in [4.78, 5) is 13.2. The topological polar surface area (TPSA) is 66.6 Å². The monoisotopic (exact) mass is 266 g/mol. The van der Waals surface area contributed by atoms with Gasteiger partial charge in [0, 0.05) is 24.3 Å². The number of aliphatic hydroxyl groups excluding tert-OH is 1. The number of benzene rings is 1. The summed E-state index contributed by atoms with van der Waals surface area (Å²) >= 11 is 0. The van der Waals surface area contributed by atoms with E-state index in [0.29, 0.717) is 30.6 Å². The average Bonchev–Trinajstić information content (AvgIpc) is 2.81. The van der Waals surface area contributed by atoms with Crippen LogP contribution in [0.5, 0.6) is 0 Å². The van der Waals surface area contributed by atoms with Gasteiger partial charge < -0.3 is 15.7 Å². The summed E-state index contributed by atoms with van der Waals surface area (Å²) in [5.74, 6) is -0.808. The minimum absolute atomic E-state index is 0.174. The Hall–Kier alpha value is -1.62. The first-order valence-electron chi connectivity index (χ1n) is 6.42. The predicted octanol–water partition coefficient (Wildman–Crippen LogP) is 1.50. The van der Waals surface area contributed by atoms with Gasteiger partial charge in [-0.1, -0.05) is 0 Å². The second-order valence-electron chi connectivity index (χ2n) is 5.17. The number of primary amides is 1. The van der Waals surface area contributed by atoms with Gasteiger partial charge in [-0.15, -0.1) is 0 Å². The number of carbonyl (C=O) groups excluding carboxylic acids is 1. The summed E-state index contributed by atoms with van der Waals surface area (Å²) in [6.07, 6.45) is -0.0527. The molecule has 0 aliphatic carbocycles. The lowest BCUT2D eigenvalue weighted by atomic mass is 10.0. The number of nitrogens with two attached hydrogens (primary N) is 1. The van der Waals surface area contributed by atoms with E-state index in [4.69, 9.17) is 5.73 Å². The number of aliphatic hydroxyl groups is 1. The molecule has 1 aromatic carbocycles. The van der Waals surface area contributed by atoms with Gasteiger partial charge in [0.05, 0.1) is 12.0 Å². The Morgan fingerprint density at radius 3 is 2.79 bits per heavy atom. The molecule has 1 aliphatic heterocycles. The van der Waals surface area contributed by atoms with E-state index in [0.717, 1.165) is 5.69 Å². The van der Waals surface area contributed by atoms with Crippen molar-refractivity contribution in [2.75, 3.05) is 18.0 Å². The summed E-state index contributed by atoms with van der Waals surface area (Å²) in [6.45, 7) is 4.51. The second kappa shape index (κ2) is 5.17. The van der Waals surface area contributed by atoms with Crippen LogP contribution < -0.4 is 10.6 Å². The first-order chi connectivity index (χ1) is 8.90. The molecule has 0 spiro atoms. The lowest BCUT2D eigenvalue weighted by Crippen LogP contribution is -2.28. The minimum Gasteiger partial charge on any atom is -0.389 e. The smallest absolute Gasteiger partial charge is 0.222 e. The molecule has 1 saturated heterocycles. The van der Waals surface area contributed by atoms with Gasteiger partial charge in [-0.05, 0) is 38.0 Å². The van der Waals surface area contributed by atoms with Crippen LogP contribution in [0.15, 0.2) is 12.1 Å². The number of carbonyl (C=O) groups is 1. The van der Waals surface area contributed by atoms with Crippen molar-refractivity contribution in [3.8, 4) is 0 Å². The lowest BCUT2D eigenvalue weighted by Gasteiger charge is -2.24. The zero-order valence-corrected chi connectivity index (χ0v) is 11.2.